The van der Waals surface area contributed by atoms with Gasteiger partial charge in [0.2, 0.25) is 0 Å². The zero-order valence-electron chi connectivity index (χ0n) is 12.4. The minimum Gasteiger partial charge on any atom is -0.496 e. The van der Waals surface area contributed by atoms with Gasteiger partial charge in [0.25, 0.3) is 0 Å². The molecule has 0 spiro atoms. The van der Waals surface area contributed by atoms with Gasteiger partial charge in [-0.2, -0.15) is 0 Å². The first-order valence-electron chi connectivity index (χ1n) is 6.70. The van der Waals surface area contributed by atoms with Crippen molar-refractivity contribution in [1.29, 1.82) is 0 Å². The monoisotopic (exact) mass is 268 g/mol. The van der Waals surface area contributed by atoms with E-state index < -0.39 is 0 Å². The molecule has 20 heavy (non-hydrogen) atoms. The van der Waals surface area contributed by atoms with Crippen molar-refractivity contribution in [3.8, 4) is 16.9 Å². The van der Waals surface area contributed by atoms with Crippen LogP contribution in [0.1, 0.15) is 36.7 Å². The van der Waals surface area contributed by atoms with Crippen molar-refractivity contribution in [2.24, 2.45) is 0 Å². The third-order valence-electron chi connectivity index (χ3n) is 3.44. The Labute approximate surface area is 120 Å². The summed E-state index contributed by atoms with van der Waals surface area (Å²) in [5.74, 6) is 0.785. The van der Waals surface area contributed by atoms with Gasteiger partial charge in [0.05, 0.1) is 7.11 Å². The van der Waals surface area contributed by atoms with Crippen LogP contribution in [0.25, 0.3) is 11.1 Å². The Morgan fingerprint density at radius 1 is 1.00 bits per heavy atom. The molecular formula is C18H20O2. The van der Waals surface area contributed by atoms with Crippen LogP contribution in [-0.2, 0) is 5.41 Å². The fraction of sp³-hybridized carbons (Fsp3) is 0.278. The largest absolute Gasteiger partial charge is 0.496 e. The average molecular weight is 268 g/mol. The van der Waals surface area contributed by atoms with Crippen molar-refractivity contribution in [2.75, 3.05) is 7.11 Å². The molecule has 0 radical (unpaired) electrons. The standard InChI is InChI=1S/C18H20O2/c1-18(2,3)14-9-10-17(20-4)16(11-14)15-8-6-5-7-13(15)12-19/h5-12H,1-4H3. The Morgan fingerprint density at radius 3 is 2.30 bits per heavy atom. The van der Waals surface area contributed by atoms with Crippen LogP contribution in [0, 0.1) is 0 Å². The van der Waals surface area contributed by atoms with Crippen LogP contribution in [0.2, 0.25) is 0 Å². The molecule has 0 amide bonds. The second-order valence-corrected chi connectivity index (χ2v) is 5.87. The Kier molecular flexibility index (Phi) is 3.93. The molecule has 0 saturated heterocycles. The summed E-state index contributed by atoms with van der Waals surface area (Å²) in [7, 11) is 1.65. The molecule has 2 heteroatoms. The summed E-state index contributed by atoms with van der Waals surface area (Å²) < 4.78 is 5.45. The van der Waals surface area contributed by atoms with E-state index in [9.17, 15) is 4.79 Å². The van der Waals surface area contributed by atoms with Gasteiger partial charge in [0.15, 0.2) is 6.29 Å². The predicted octanol–water partition coefficient (Wildman–Crippen LogP) is 4.47. The van der Waals surface area contributed by atoms with Gasteiger partial charge >= 0.3 is 0 Å². The number of carbonyl (C=O) groups is 1. The molecule has 2 nitrogen and oxygen atoms in total. The molecule has 0 N–H and O–H groups in total. The fourth-order valence-corrected chi connectivity index (χ4v) is 2.23. The molecular weight excluding hydrogens is 248 g/mol. The van der Waals surface area contributed by atoms with Gasteiger partial charge in [-0.15, -0.1) is 0 Å². The first-order valence-corrected chi connectivity index (χ1v) is 6.70. The highest BCUT2D eigenvalue weighted by atomic mass is 16.5. The van der Waals surface area contributed by atoms with Gasteiger partial charge in [-0.1, -0.05) is 51.1 Å². The quantitative estimate of drug-likeness (QED) is 0.768. The molecule has 104 valence electrons. The maximum absolute atomic E-state index is 11.2. The fourth-order valence-electron chi connectivity index (χ4n) is 2.23. The predicted molar refractivity (Wildman–Crippen MR) is 82.5 cm³/mol. The minimum atomic E-state index is 0.0527. The number of hydrogen-bond donors (Lipinski definition) is 0. The van der Waals surface area contributed by atoms with Crippen molar-refractivity contribution in [1.82, 2.24) is 0 Å². The number of methoxy groups -OCH3 is 1. The summed E-state index contributed by atoms with van der Waals surface area (Å²) in [6, 6.07) is 13.7. The summed E-state index contributed by atoms with van der Waals surface area (Å²) in [5, 5.41) is 0. The van der Waals surface area contributed by atoms with Gasteiger partial charge in [-0.25, -0.2) is 0 Å². The summed E-state index contributed by atoms with van der Waals surface area (Å²) >= 11 is 0. The number of carbonyl (C=O) groups excluding carboxylic acids is 1. The van der Waals surface area contributed by atoms with E-state index in [-0.39, 0.29) is 5.41 Å². The maximum Gasteiger partial charge on any atom is 0.150 e. The lowest BCUT2D eigenvalue weighted by molar-refractivity contribution is 0.112. The van der Waals surface area contributed by atoms with Gasteiger partial charge in [0, 0.05) is 11.1 Å². The van der Waals surface area contributed by atoms with Gasteiger partial charge in [-0.3, -0.25) is 4.79 Å². The molecule has 0 heterocycles. The number of ether oxygens (including phenoxy) is 1. The molecule has 2 aromatic carbocycles. The van der Waals surface area contributed by atoms with Crippen LogP contribution in [0.3, 0.4) is 0 Å². The van der Waals surface area contributed by atoms with Crippen LogP contribution in [0.15, 0.2) is 42.5 Å². The zero-order chi connectivity index (χ0) is 14.8. The highest BCUT2D eigenvalue weighted by molar-refractivity contribution is 5.89. The Hall–Kier alpha value is -2.09. The molecule has 2 rings (SSSR count). The normalized spacial score (nSPS) is 11.2. The number of rotatable bonds is 3. The van der Waals surface area contributed by atoms with Crippen molar-refractivity contribution < 1.29 is 9.53 Å². The first-order chi connectivity index (χ1) is 9.47. The second-order valence-electron chi connectivity index (χ2n) is 5.87. The van der Waals surface area contributed by atoms with Crippen LogP contribution in [0.5, 0.6) is 5.75 Å². The Bertz CT molecular complexity index is 622. The van der Waals surface area contributed by atoms with Crippen LogP contribution < -0.4 is 4.74 Å². The lowest BCUT2D eigenvalue weighted by atomic mass is 9.84. The third kappa shape index (κ3) is 2.74. The molecule has 0 saturated carbocycles. The lowest BCUT2D eigenvalue weighted by Gasteiger charge is -2.21. The lowest BCUT2D eigenvalue weighted by Crippen LogP contribution is -2.11. The van der Waals surface area contributed by atoms with Crippen molar-refractivity contribution in [3.05, 3.63) is 53.6 Å². The number of hydrogen-bond acceptors (Lipinski definition) is 2. The van der Waals surface area contributed by atoms with Crippen molar-refractivity contribution in [2.45, 2.75) is 26.2 Å². The zero-order valence-corrected chi connectivity index (χ0v) is 12.4. The Balaban J connectivity index is 2.68. The van der Waals surface area contributed by atoms with Crippen molar-refractivity contribution in [3.63, 3.8) is 0 Å². The van der Waals surface area contributed by atoms with Crippen LogP contribution in [0.4, 0.5) is 0 Å². The molecule has 2 aromatic rings. The third-order valence-corrected chi connectivity index (χ3v) is 3.44. The molecule has 0 aliphatic rings. The summed E-state index contributed by atoms with van der Waals surface area (Å²) in [6.45, 7) is 6.51. The highest BCUT2D eigenvalue weighted by Crippen LogP contribution is 2.35. The number of aldehydes is 1. The van der Waals surface area contributed by atoms with Gasteiger partial charge in [0.1, 0.15) is 5.75 Å². The van der Waals surface area contributed by atoms with E-state index in [1.807, 2.05) is 30.3 Å². The average Bonchev–Trinajstić information content (AvgIpc) is 2.45. The highest BCUT2D eigenvalue weighted by Gasteiger charge is 2.17. The van der Waals surface area contributed by atoms with Crippen molar-refractivity contribution >= 4 is 6.29 Å². The summed E-state index contributed by atoms with van der Waals surface area (Å²) in [5.41, 5.74) is 3.82. The molecule has 0 aliphatic carbocycles. The van der Waals surface area contributed by atoms with E-state index in [4.69, 9.17) is 4.74 Å². The van der Waals surface area contributed by atoms with E-state index in [2.05, 4.69) is 32.9 Å². The number of benzene rings is 2. The minimum absolute atomic E-state index is 0.0527. The van der Waals surface area contributed by atoms with Crippen LogP contribution >= 0.6 is 0 Å². The summed E-state index contributed by atoms with van der Waals surface area (Å²) in [4.78, 5) is 11.2. The van der Waals surface area contributed by atoms with E-state index in [1.54, 1.807) is 7.11 Å². The molecule has 0 unspecified atom stereocenters. The Morgan fingerprint density at radius 2 is 1.70 bits per heavy atom. The smallest absolute Gasteiger partial charge is 0.150 e. The topological polar surface area (TPSA) is 26.3 Å². The SMILES string of the molecule is COc1ccc(C(C)(C)C)cc1-c1ccccc1C=O. The second kappa shape index (κ2) is 5.49. The molecule has 0 aliphatic heterocycles. The van der Waals surface area contributed by atoms with E-state index in [1.165, 1.54) is 5.56 Å². The van der Waals surface area contributed by atoms with E-state index in [0.29, 0.717) is 5.56 Å². The molecule has 0 aromatic heterocycles. The molecule has 0 bridgehead atoms. The molecule has 0 atom stereocenters. The summed E-state index contributed by atoms with van der Waals surface area (Å²) in [6.07, 6.45) is 0.887. The first kappa shape index (κ1) is 14.3. The van der Waals surface area contributed by atoms with E-state index >= 15 is 0 Å². The maximum atomic E-state index is 11.2. The van der Waals surface area contributed by atoms with E-state index in [0.717, 1.165) is 23.2 Å². The van der Waals surface area contributed by atoms with Crippen LogP contribution in [-0.4, -0.2) is 13.4 Å². The van der Waals surface area contributed by atoms with Gasteiger partial charge in [-0.05, 0) is 28.7 Å². The van der Waals surface area contributed by atoms with Gasteiger partial charge < -0.3 is 4.74 Å². The molecule has 0 fully saturated rings.